The van der Waals surface area contributed by atoms with Crippen LogP contribution in [0.2, 0.25) is 0 Å². The Labute approximate surface area is 125 Å². The van der Waals surface area contributed by atoms with Crippen LogP contribution in [0.1, 0.15) is 30.4 Å². The summed E-state index contributed by atoms with van der Waals surface area (Å²) in [6, 6.07) is 7.76. The van der Waals surface area contributed by atoms with Gasteiger partial charge in [0.15, 0.2) is 5.82 Å². The molecule has 0 radical (unpaired) electrons. The molecule has 2 aromatic rings. The Hall–Kier alpha value is -1.88. The molecule has 2 heterocycles. The Bertz CT molecular complexity index is 589. The number of para-hydroxylation sites is 2. The van der Waals surface area contributed by atoms with Gasteiger partial charge in [0.2, 0.25) is 0 Å². The Balaban J connectivity index is 1.72. The SMILES string of the molecule is CCCN1CCCN(C(=O)c2nc3ccccc3[nH]2)CC1. The molecule has 1 fully saturated rings. The Morgan fingerprint density at radius 1 is 1.24 bits per heavy atom. The molecule has 0 saturated carbocycles. The molecule has 0 aliphatic carbocycles. The van der Waals surface area contributed by atoms with Crippen molar-refractivity contribution < 1.29 is 4.79 Å². The van der Waals surface area contributed by atoms with Crippen LogP contribution in [0.4, 0.5) is 0 Å². The maximum atomic E-state index is 12.6. The topological polar surface area (TPSA) is 52.2 Å². The first-order valence-corrected chi connectivity index (χ1v) is 7.74. The van der Waals surface area contributed by atoms with Crippen molar-refractivity contribution in [2.45, 2.75) is 19.8 Å². The Kier molecular flexibility index (Phi) is 4.20. The van der Waals surface area contributed by atoms with Crippen LogP contribution in [-0.4, -0.2) is 58.4 Å². The van der Waals surface area contributed by atoms with E-state index in [1.807, 2.05) is 29.2 Å². The van der Waals surface area contributed by atoms with Gasteiger partial charge in [-0.3, -0.25) is 4.79 Å². The van der Waals surface area contributed by atoms with Crippen LogP contribution in [-0.2, 0) is 0 Å². The molecule has 1 aromatic heterocycles. The van der Waals surface area contributed by atoms with Crippen molar-refractivity contribution in [3.05, 3.63) is 30.1 Å². The number of amides is 1. The van der Waals surface area contributed by atoms with Crippen molar-refractivity contribution in [1.82, 2.24) is 19.8 Å². The van der Waals surface area contributed by atoms with Gasteiger partial charge in [-0.1, -0.05) is 19.1 Å². The molecule has 1 aliphatic rings. The summed E-state index contributed by atoms with van der Waals surface area (Å²) in [4.78, 5) is 24.5. The lowest BCUT2D eigenvalue weighted by molar-refractivity contribution is 0.0751. The average molecular weight is 286 g/mol. The third kappa shape index (κ3) is 3.08. The molecule has 21 heavy (non-hydrogen) atoms. The normalized spacial score (nSPS) is 17.1. The zero-order valence-electron chi connectivity index (χ0n) is 12.5. The van der Waals surface area contributed by atoms with Gasteiger partial charge in [-0.15, -0.1) is 0 Å². The zero-order chi connectivity index (χ0) is 14.7. The van der Waals surface area contributed by atoms with Crippen molar-refractivity contribution >= 4 is 16.9 Å². The molecule has 0 atom stereocenters. The van der Waals surface area contributed by atoms with Gasteiger partial charge in [-0.05, 0) is 38.1 Å². The maximum absolute atomic E-state index is 12.6. The molecule has 1 saturated heterocycles. The van der Waals surface area contributed by atoms with Crippen molar-refractivity contribution in [2.24, 2.45) is 0 Å². The number of benzene rings is 1. The lowest BCUT2D eigenvalue weighted by atomic mass is 10.3. The summed E-state index contributed by atoms with van der Waals surface area (Å²) in [6.07, 6.45) is 2.20. The highest BCUT2D eigenvalue weighted by molar-refractivity contribution is 5.94. The minimum Gasteiger partial charge on any atom is -0.335 e. The Morgan fingerprint density at radius 2 is 2.10 bits per heavy atom. The second kappa shape index (κ2) is 6.26. The number of hydrogen-bond donors (Lipinski definition) is 1. The van der Waals surface area contributed by atoms with E-state index in [4.69, 9.17) is 0 Å². The van der Waals surface area contributed by atoms with Gasteiger partial charge in [0, 0.05) is 19.6 Å². The smallest absolute Gasteiger partial charge is 0.289 e. The van der Waals surface area contributed by atoms with Crippen LogP contribution in [0.5, 0.6) is 0 Å². The third-order valence-corrected chi connectivity index (χ3v) is 4.01. The number of rotatable bonds is 3. The molecule has 1 aliphatic heterocycles. The minimum atomic E-state index is 0.0181. The molecule has 5 heteroatoms. The number of nitrogens with one attached hydrogen (secondary N) is 1. The average Bonchev–Trinajstić information content (AvgIpc) is 2.80. The summed E-state index contributed by atoms with van der Waals surface area (Å²) in [5, 5.41) is 0. The van der Waals surface area contributed by atoms with Crippen LogP contribution in [0.15, 0.2) is 24.3 Å². The van der Waals surface area contributed by atoms with E-state index in [0.717, 1.165) is 56.6 Å². The Morgan fingerprint density at radius 3 is 2.90 bits per heavy atom. The minimum absolute atomic E-state index is 0.0181. The summed E-state index contributed by atoms with van der Waals surface area (Å²) in [5.74, 6) is 0.477. The second-order valence-electron chi connectivity index (χ2n) is 5.59. The summed E-state index contributed by atoms with van der Waals surface area (Å²) in [5.41, 5.74) is 1.77. The summed E-state index contributed by atoms with van der Waals surface area (Å²) in [7, 11) is 0. The van der Waals surface area contributed by atoms with Crippen molar-refractivity contribution in [1.29, 1.82) is 0 Å². The molecule has 1 N–H and O–H groups in total. The van der Waals surface area contributed by atoms with Gasteiger partial charge < -0.3 is 14.8 Å². The fourth-order valence-electron chi connectivity index (χ4n) is 2.92. The number of carbonyl (C=O) groups is 1. The number of carbonyl (C=O) groups excluding carboxylic acids is 1. The van der Waals surface area contributed by atoms with E-state index in [9.17, 15) is 4.79 Å². The molecule has 0 spiro atoms. The maximum Gasteiger partial charge on any atom is 0.289 e. The van der Waals surface area contributed by atoms with Gasteiger partial charge in [0.25, 0.3) is 5.91 Å². The monoisotopic (exact) mass is 286 g/mol. The molecule has 1 aromatic carbocycles. The fourth-order valence-corrected chi connectivity index (χ4v) is 2.92. The number of nitrogens with zero attached hydrogens (tertiary/aromatic N) is 3. The van der Waals surface area contributed by atoms with Crippen LogP contribution in [0, 0.1) is 0 Å². The molecule has 0 bridgehead atoms. The van der Waals surface area contributed by atoms with Gasteiger partial charge >= 0.3 is 0 Å². The van der Waals surface area contributed by atoms with Crippen LogP contribution >= 0.6 is 0 Å². The highest BCUT2D eigenvalue weighted by atomic mass is 16.2. The fraction of sp³-hybridized carbons (Fsp3) is 0.500. The number of aromatic nitrogens is 2. The van der Waals surface area contributed by atoms with Crippen molar-refractivity contribution in [2.75, 3.05) is 32.7 Å². The highest BCUT2D eigenvalue weighted by Gasteiger charge is 2.22. The molecular weight excluding hydrogens is 264 g/mol. The predicted molar refractivity (Wildman–Crippen MR) is 83.3 cm³/mol. The number of fused-ring (bicyclic) bond motifs is 1. The molecule has 1 amide bonds. The van der Waals surface area contributed by atoms with E-state index in [1.165, 1.54) is 0 Å². The lowest BCUT2D eigenvalue weighted by Gasteiger charge is -2.20. The number of H-pyrrole nitrogens is 1. The molecule has 5 nitrogen and oxygen atoms in total. The van der Waals surface area contributed by atoms with E-state index < -0.39 is 0 Å². The summed E-state index contributed by atoms with van der Waals surface area (Å²) >= 11 is 0. The van der Waals surface area contributed by atoms with Crippen LogP contribution < -0.4 is 0 Å². The van der Waals surface area contributed by atoms with E-state index in [2.05, 4.69) is 21.8 Å². The molecule has 112 valence electrons. The van der Waals surface area contributed by atoms with Gasteiger partial charge in [-0.2, -0.15) is 0 Å². The van der Waals surface area contributed by atoms with E-state index in [-0.39, 0.29) is 5.91 Å². The second-order valence-corrected chi connectivity index (χ2v) is 5.59. The third-order valence-electron chi connectivity index (χ3n) is 4.01. The number of hydrogen-bond acceptors (Lipinski definition) is 3. The largest absolute Gasteiger partial charge is 0.335 e. The summed E-state index contributed by atoms with van der Waals surface area (Å²) < 4.78 is 0. The number of imidazole rings is 1. The van der Waals surface area contributed by atoms with E-state index in [1.54, 1.807) is 0 Å². The van der Waals surface area contributed by atoms with Gasteiger partial charge in [0.05, 0.1) is 11.0 Å². The van der Waals surface area contributed by atoms with Gasteiger partial charge in [-0.25, -0.2) is 4.98 Å². The first kappa shape index (κ1) is 14.1. The van der Waals surface area contributed by atoms with Gasteiger partial charge in [0.1, 0.15) is 0 Å². The molecule has 0 unspecified atom stereocenters. The first-order chi connectivity index (χ1) is 10.3. The quantitative estimate of drug-likeness (QED) is 0.940. The zero-order valence-corrected chi connectivity index (χ0v) is 12.5. The van der Waals surface area contributed by atoms with E-state index in [0.29, 0.717) is 5.82 Å². The standard InChI is InChI=1S/C16H22N4O/c1-2-8-19-9-5-10-20(12-11-19)16(21)15-17-13-6-3-4-7-14(13)18-15/h3-4,6-7H,2,5,8-12H2,1H3,(H,17,18). The van der Waals surface area contributed by atoms with Crippen LogP contribution in [0.3, 0.4) is 0 Å². The summed E-state index contributed by atoms with van der Waals surface area (Å²) in [6.45, 7) is 6.96. The first-order valence-electron chi connectivity index (χ1n) is 7.74. The lowest BCUT2D eigenvalue weighted by Crippen LogP contribution is -2.35. The predicted octanol–water partition coefficient (Wildman–Crippen LogP) is 2.12. The highest BCUT2D eigenvalue weighted by Crippen LogP contribution is 2.13. The molecular formula is C16H22N4O. The van der Waals surface area contributed by atoms with E-state index >= 15 is 0 Å². The molecule has 3 rings (SSSR count). The van der Waals surface area contributed by atoms with Crippen molar-refractivity contribution in [3.63, 3.8) is 0 Å². The van der Waals surface area contributed by atoms with Crippen LogP contribution in [0.25, 0.3) is 11.0 Å². The number of aromatic amines is 1. The van der Waals surface area contributed by atoms with Crippen molar-refractivity contribution in [3.8, 4) is 0 Å².